The van der Waals surface area contributed by atoms with Crippen LogP contribution in [0.25, 0.3) is 0 Å². The quantitative estimate of drug-likeness (QED) is 0.844. The number of rotatable bonds is 4. The summed E-state index contributed by atoms with van der Waals surface area (Å²) in [6.45, 7) is 2.86. The van der Waals surface area contributed by atoms with Crippen LogP contribution in [0.3, 0.4) is 0 Å². The van der Waals surface area contributed by atoms with Gasteiger partial charge in [-0.1, -0.05) is 0 Å². The minimum atomic E-state index is 0.742. The van der Waals surface area contributed by atoms with Crippen molar-refractivity contribution in [3.63, 3.8) is 0 Å². The van der Waals surface area contributed by atoms with E-state index >= 15 is 0 Å². The number of nitrogens with zero attached hydrogens (tertiary/aromatic N) is 2. The van der Waals surface area contributed by atoms with E-state index in [0.717, 1.165) is 30.2 Å². The van der Waals surface area contributed by atoms with Gasteiger partial charge in [0.25, 0.3) is 0 Å². The Balaban J connectivity index is 1.99. The topological polar surface area (TPSA) is 57.9 Å². The number of aromatic nitrogens is 2. The number of hydrogen-bond donors (Lipinski definition) is 2. The smallest absolute Gasteiger partial charge is 0.128 e. The van der Waals surface area contributed by atoms with E-state index in [1.54, 1.807) is 0 Å². The van der Waals surface area contributed by atoms with Crippen LogP contribution in [0, 0.1) is 6.92 Å². The molecule has 90 valence electrons. The number of nitrogens with two attached hydrogens (primary N) is 1. The first-order chi connectivity index (χ1) is 8.16. The molecule has 4 nitrogen and oxygen atoms in total. The summed E-state index contributed by atoms with van der Waals surface area (Å²) in [6.07, 6.45) is 2.93. The molecule has 0 unspecified atom stereocenters. The third kappa shape index (κ3) is 2.78. The third-order valence-corrected chi connectivity index (χ3v) is 2.88. The summed E-state index contributed by atoms with van der Waals surface area (Å²) in [5.74, 6) is 0.961. The molecule has 0 aromatic carbocycles. The second-order valence-corrected chi connectivity index (χ2v) is 4.21. The molecule has 2 aromatic heterocycles. The van der Waals surface area contributed by atoms with E-state index in [2.05, 4.69) is 20.9 Å². The van der Waals surface area contributed by atoms with Crippen LogP contribution < -0.4 is 10.6 Å². The maximum absolute atomic E-state index is 5.75. The summed E-state index contributed by atoms with van der Waals surface area (Å²) < 4.78 is 0. The molecule has 0 amide bonds. The van der Waals surface area contributed by atoms with Crippen LogP contribution >= 0.6 is 0 Å². The highest BCUT2D eigenvalue weighted by Crippen LogP contribution is 2.15. The fraction of sp³-hybridized carbons (Fsp3) is 0.308. The predicted molar refractivity (Wildman–Crippen MR) is 71.2 cm³/mol. The van der Waals surface area contributed by atoms with Gasteiger partial charge in [0.05, 0.1) is 11.4 Å². The predicted octanol–water partition coefficient (Wildman–Crippen LogP) is 1.98. The number of nitrogen functional groups attached to an aromatic ring is 1. The van der Waals surface area contributed by atoms with Crippen LogP contribution in [0.1, 0.15) is 11.4 Å². The minimum Gasteiger partial charge on any atom is -0.397 e. The Kier molecular flexibility index (Phi) is 3.32. The summed E-state index contributed by atoms with van der Waals surface area (Å²) in [7, 11) is 2.04. The van der Waals surface area contributed by atoms with Crippen molar-refractivity contribution in [1.29, 1.82) is 0 Å². The van der Waals surface area contributed by atoms with E-state index in [0.29, 0.717) is 0 Å². The highest BCUT2D eigenvalue weighted by atomic mass is 15.2. The lowest BCUT2D eigenvalue weighted by Gasteiger charge is -2.18. The second-order valence-electron chi connectivity index (χ2n) is 4.21. The second kappa shape index (κ2) is 4.91. The van der Waals surface area contributed by atoms with Gasteiger partial charge in [-0.15, -0.1) is 0 Å². The Morgan fingerprint density at radius 2 is 2.18 bits per heavy atom. The highest BCUT2D eigenvalue weighted by molar-refractivity contribution is 5.50. The fourth-order valence-corrected chi connectivity index (χ4v) is 1.70. The maximum Gasteiger partial charge on any atom is 0.128 e. The summed E-state index contributed by atoms with van der Waals surface area (Å²) >= 11 is 0. The highest BCUT2D eigenvalue weighted by Gasteiger charge is 2.04. The lowest BCUT2D eigenvalue weighted by molar-refractivity contribution is 0.842. The molecule has 17 heavy (non-hydrogen) atoms. The summed E-state index contributed by atoms with van der Waals surface area (Å²) in [5.41, 5.74) is 8.62. The number of anilines is 2. The number of pyridine rings is 1. The van der Waals surface area contributed by atoms with Gasteiger partial charge >= 0.3 is 0 Å². The first kappa shape index (κ1) is 11.5. The first-order valence-electron chi connectivity index (χ1n) is 5.73. The van der Waals surface area contributed by atoms with Crippen LogP contribution in [-0.2, 0) is 6.42 Å². The average molecular weight is 230 g/mol. The normalized spacial score (nSPS) is 10.5. The molecule has 0 fully saturated rings. The van der Waals surface area contributed by atoms with Crippen LogP contribution in [-0.4, -0.2) is 23.6 Å². The molecule has 0 atom stereocenters. The number of hydrogen-bond acceptors (Lipinski definition) is 3. The number of aromatic amines is 1. The number of nitrogens with one attached hydrogen (secondary N) is 1. The molecule has 0 aliphatic rings. The van der Waals surface area contributed by atoms with E-state index in [9.17, 15) is 0 Å². The number of H-pyrrole nitrogens is 1. The van der Waals surface area contributed by atoms with Gasteiger partial charge in [-0.05, 0) is 31.2 Å². The van der Waals surface area contributed by atoms with E-state index in [-0.39, 0.29) is 0 Å². The van der Waals surface area contributed by atoms with Gasteiger partial charge in [0.2, 0.25) is 0 Å². The molecule has 0 saturated heterocycles. The molecule has 2 heterocycles. The average Bonchev–Trinajstić information content (AvgIpc) is 2.82. The molecule has 0 aliphatic carbocycles. The van der Waals surface area contributed by atoms with Gasteiger partial charge in [-0.2, -0.15) is 0 Å². The Hall–Kier alpha value is -1.97. The molecule has 2 rings (SSSR count). The van der Waals surface area contributed by atoms with Crippen LogP contribution in [0.15, 0.2) is 30.5 Å². The zero-order valence-corrected chi connectivity index (χ0v) is 10.3. The van der Waals surface area contributed by atoms with Gasteiger partial charge in [-0.25, -0.2) is 4.98 Å². The van der Waals surface area contributed by atoms with Crippen molar-refractivity contribution >= 4 is 11.5 Å². The number of likely N-dealkylation sites (N-methyl/N-ethyl adjacent to an activating group) is 1. The Morgan fingerprint density at radius 3 is 2.82 bits per heavy atom. The van der Waals surface area contributed by atoms with Crippen molar-refractivity contribution in [2.24, 2.45) is 0 Å². The van der Waals surface area contributed by atoms with Gasteiger partial charge in [0.1, 0.15) is 5.82 Å². The maximum atomic E-state index is 5.75. The molecular weight excluding hydrogens is 212 g/mol. The van der Waals surface area contributed by atoms with Gasteiger partial charge < -0.3 is 15.6 Å². The zero-order valence-electron chi connectivity index (χ0n) is 10.3. The molecule has 0 bridgehead atoms. The van der Waals surface area contributed by atoms with Crippen LogP contribution in [0.2, 0.25) is 0 Å². The molecule has 3 N–H and O–H groups in total. The van der Waals surface area contributed by atoms with E-state index in [1.165, 1.54) is 5.69 Å². The van der Waals surface area contributed by atoms with Crippen molar-refractivity contribution in [2.75, 3.05) is 24.2 Å². The molecule has 0 radical (unpaired) electrons. The summed E-state index contributed by atoms with van der Waals surface area (Å²) in [4.78, 5) is 9.79. The van der Waals surface area contributed by atoms with Crippen molar-refractivity contribution in [3.8, 4) is 0 Å². The summed E-state index contributed by atoms with van der Waals surface area (Å²) in [5, 5.41) is 0. The molecule has 0 spiro atoms. The first-order valence-corrected chi connectivity index (χ1v) is 5.73. The van der Waals surface area contributed by atoms with Gasteiger partial charge in [0.15, 0.2) is 0 Å². The summed E-state index contributed by atoms with van der Waals surface area (Å²) in [6, 6.07) is 7.97. The Bertz CT molecular complexity index is 476. The number of aryl methyl sites for hydroxylation is 1. The zero-order chi connectivity index (χ0) is 12.3. The van der Waals surface area contributed by atoms with Crippen molar-refractivity contribution in [2.45, 2.75) is 13.3 Å². The van der Waals surface area contributed by atoms with Gasteiger partial charge in [-0.3, -0.25) is 0 Å². The van der Waals surface area contributed by atoms with Crippen molar-refractivity contribution in [1.82, 2.24) is 9.97 Å². The van der Waals surface area contributed by atoms with E-state index in [4.69, 9.17) is 5.73 Å². The lowest BCUT2D eigenvalue weighted by atomic mass is 10.3. The molecular formula is C13H18N4. The van der Waals surface area contributed by atoms with Crippen molar-refractivity contribution in [3.05, 3.63) is 41.9 Å². The largest absolute Gasteiger partial charge is 0.397 e. The van der Waals surface area contributed by atoms with Gasteiger partial charge in [0, 0.05) is 31.9 Å². The third-order valence-electron chi connectivity index (χ3n) is 2.88. The SMILES string of the molecule is Cc1nc(N(C)CCc2ccc[nH]2)ccc1N. The lowest BCUT2D eigenvalue weighted by Crippen LogP contribution is -2.21. The molecule has 0 aliphatic heterocycles. The Morgan fingerprint density at radius 1 is 1.35 bits per heavy atom. The van der Waals surface area contributed by atoms with E-state index < -0.39 is 0 Å². The van der Waals surface area contributed by atoms with Crippen molar-refractivity contribution < 1.29 is 0 Å². The van der Waals surface area contributed by atoms with Crippen LogP contribution in [0.4, 0.5) is 11.5 Å². The Labute approximate surface area is 101 Å². The monoisotopic (exact) mass is 230 g/mol. The molecule has 2 aromatic rings. The molecule has 0 saturated carbocycles. The van der Waals surface area contributed by atoms with Crippen LogP contribution in [0.5, 0.6) is 0 Å². The fourth-order valence-electron chi connectivity index (χ4n) is 1.70. The standard InChI is InChI=1S/C13H18N4/c1-10-12(14)5-6-13(16-10)17(2)9-7-11-4-3-8-15-11/h3-6,8,15H,7,9,14H2,1-2H3. The molecule has 4 heteroatoms. The minimum absolute atomic E-state index is 0.742. The van der Waals surface area contributed by atoms with E-state index in [1.807, 2.05) is 38.4 Å².